The maximum absolute atomic E-state index is 11.9. The van der Waals surface area contributed by atoms with E-state index in [9.17, 15) is 8.42 Å². The van der Waals surface area contributed by atoms with Crippen molar-refractivity contribution < 1.29 is 8.42 Å². The first kappa shape index (κ1) is 17.2. The SMILES string of the molecule is CC(C)(CNc1cc(N)nc2cc(-c3ccn[nH]3)ccc12)S(C)(=O)=O. The number of rotatable bonds is 5. The Morgan fingerprint density at radius 1 is 1.24 bits per heavy atom. The Bertz CT molecular complexity index is 1010. The van der Waals surface area contributed by atoms with E-state index in [4.69, 9.17) is 5.73 Å². The second-order valence-corrected chi connectivity index (χ2v) is 9.33. The van der Waals surface area contributed by atoms with Crippen LogP contribution < -0.4 is 11.1 Å². The number of aromatic nitrogens is 3. The predicted molar refractivity (Wildman–Crippen MR) is 101 cm³/mol. The molecule has 0 amide bonds. The Morgan fingerprint density at radius 3 is 2.64 bits per heavy atom. The van der Waals surface area contributed by atoms with E-state index in [0.717, 1.165) is 27.8 Å². The Morgan fingerprint density at radius 2 is 2.00 bits per heavy atom. The Labute approximate surface area is 146 Å². The van der Waals surface area contributed by atoms with E-state index in [-0.39, 0.29) is 6.54 Å². The minimum Gasteiger partial charge on any atom is -0.384 e. The van der Waals surface area contributed by atoms with Crippen LogP contribution in [0.25, 0.3) is 22.2 Å². The van der Waals surface area contributed by atoms with Gasteiger partial charge in [0.2, 0.25) is 0 Å². The van der Waals surface area contributed by atoms with Gasteiger partial charge in [0.25, 0.3) is 0 Å². The van der Waals surface area contributed by atoms with E-state index >= 15 is 0 Å². The first-order valence-electron chi connectivity index (χ1n) is 7.81. The van der Waals surface area contributed by atoms with Gasteiger partial charge in [0, 0.05) is 41.7 Å². The van der Waals surface area contributed by atoms with Crippen LogP contribution in [0.2, 0.25) is 0 Å². The summed E-state index contributed by atoms with van der Waals surface area (Å²) >= 11 is 0. The molecule has 0 bridgehead atoms. The van der Waals surface area contributed by atoms with Gasteiger partial charge >= 0.3 is 0 Å². The first-order valence-corrected chi connectivity index (χ1v) is 9.70. The number of hydrogen-bond acceptors (Lipinski definition) is 6. The van der Waals surface area contributed by atoms with E-state index in [1.165, 1.54) is 6.26 Å². The van der Waals surface area contributed by atoms with Crippen molar-refractivity contribution in [2.24, 2.45) is 0 Å². The molecule has 0 atom stereocenters. The lowest BCUT2D eigenvalue weighted by Crippen LogP contribution is -2.38. The van der Waals surface area contributed by atoms with Gasteiger partial charge in [-0.2, -0.15) is 5.10 Å². The normalized spacial score (nSPS) is 12.4. The third-order valence-corrected chi connectivity index (χ3v) is 6.50. The molecule has 0 saturated carbocycles. The molecular weight excluding hydrogens is 338 g/mol. The zero-order valence-electron chi connectivity index (χ0n) is 14.4. The third kappa shape index (κ3) is 3.43. The quantitative estimate of drug-likeness (QED) is 0.645. The van der Waals surface area contributed by atoms with Gasteiger partial charge in [-0.15, -0.1) is 0 Å². The molecule has 0 aliphatic rings. The number of aromatic amines is 1. The molecule has 2 heterocycles. The van der Waals surface area contributed by atoms with Crippen LogP contribution in [-0.2, 0) is 9.84 Å². The molecule has 0 fully saturated rings. The number of pyridine rings is 1. The molecule has 0 radical (unpaired) electrons. The highest BCUT2D eigenvalue weighted by atomic mass is 32.2. The van der Waals surface area contributed by atoms with Gasteiger partial charge in [-0.1, -0.05) is 12.1 Å². The number of nitrogen functional groups attached to an aromatic ring is 1. The molecule has 4 N–H and O–H groups in total. The summed E-state index contributed by atoms with van der Waals surface area (Å²) in [6.07, 6.45) is 2.93. The molecule has 0 aliphatic carbocycles. The number of benzene rings is 1. The van der Waals surface area contributed by atoms with Gasteiger partial charge in [0.1, 0.15) is 5.82 Å². The fourth-order valence-electron chi connectivity index (χ4n) is 2.42. The van der Waals surface area contributed by atoms with Gasteiger partial charge in [-0.3, -0.25) is 5.10 Å². The van der Waals surface area contributed by atoms with Gasteiger partial charge in [0.05, 0.1) is 16.0 Å². The fraction of sp³-hybridized carbons (Fsp3) is 0.294. The summed E-state index contributed by atoms with van der Waals surface area (Å²) in [5.74, 6) is 0.369. The lowest BCUT2D eigenvalue weighted by atomic mass is 10.1. The van der Waals surface area contributed by atoms with Crippen molar-refractivity contribution in [3.8, 4) is 11.3 Å². The average Bonchev–Trinajstić information content (AvgIpc) is 3.05. The number of nitrogens with one attached hydrogen (secondary N) is 2. The lowest BCUT2D eigenvalue weighted by molar-refractivity contribution is 0.560. The number of hydrogen-bond donors (Lipinski definition) is 3. The fourth-order valence-corrected chi connectivity index (χ4v) is 2.75. The second kappa shape index (κ2) is 6.03. The smallest absolute Gasteiger partial charge is 0.154 e. The topological polar surface area (TPSA) is 114 Å². The summed E-state index contributed by atoms with van der Waals surface area (Å²) in [5.41, 5.74) is 9.25. The molecule has 25 heavy (non-hydrogen) atoms. The third-order valence-electron chi connectivity index (χ3n) is 4.35. The number of sulfone groups is 1. The predicted octanol–water partition coefficient (Wildman–Crippen LogP) is 2.44. The van der Waals surface area contributed by atoms with Crippen molar-refractivity contribution in [2.45, 2.75) is 18.6 Å². The monoisotopic (exact) mass is 359 g/mol. The summed E-state index contributed by atoms with van der Waals surface area (Å²) in [4.78, 5) is 4.39. The van der Waals surface area contributed by atoms with Crippen LogP contribution in [0.4, 0.5) is 11.5 Å². The summed E-state index contributed by atoms with van der Waals surface area (Å²) < 4.78 is 22.9. The number of fused-ring (bicyclic) bond motifs is 1. The van der Waals surface area contributed by atoms with Crippen LogP contribution >= 0.6 is 0 Å². The van der Waals surface area contributed by atoms with Crippen molar-refractivity contribution in [1.29, 1.82) is 0 Å². The Kier molecular flexibility index (Phi) is 4.16. The number of H-pyrrole nitrogens is 1. The van der Waals surface area contributed by atoms with Crippen LogP contribution in [0.3, 0.4) is 0 Å². The van der Waals surface area contributed by atoms with E-state index in [2.05, 4.69) is 20.5 Å². The highest BCUT2D eigenvalue weighted by Gasteiger charge is 2.30. The van der Waals surface area contributed by atoms with E-state index < -0.39 is 14.6 Å². The van der Waals surface area contributed by atoms with E-state index in [0.29, 0.717) is 5.82 Å². The molecule has 0 unspecified atom stereocenters. The summed E-state index contributed by atoms with van der Waals surface area (Å²) in [5, 5.41) is 11.0. The minimum atomic E-state index is -3.19. The number of nitrogens with two attached hydrogens (primary N) is 1. The molecule has 1 aromatic carbocycles. The maximum atomic E-state index is 11.9. The molecular formula is C17H21N5O2S. The minimum absolute atomic E-state index is 0.271. The summed E-state index contributed by atoms with van der Waals surface area (Å²) in [7, 11) is -3.19. The zero-order valence-corrected chi connectivity index (χ0v) is 15.2. The van der Waals surface area contributed by atoms with Crippen molar-refractivity contribution >= 4 is 32.2 Å². The number of nitrogens with zero attached hydrogens (tertiary/aromatic N) is 2. The van der Waals surface area contributed by atoms with Crippen LogP contribution in [-0.4, -0.2) is 41.1 Å². The Hall–Kier alpha value is -2.61. The lowest BCUT2D eigenvalue weighted by Gasteiger charge is -2.24. The van der Waals surface area contributed by atoms with Crippen LogP contribution in [0.5, 0.6) is 0 Å². The molecule has 0 spiro atoms. The van der Waals surface area contributed by atoms with Crippen molar-refractivity contribution in [3.05, 3.63) is 36.5 Å². The second-order valence-electron chi connectivity index (χ2n) is 6.68. The molecule has 7 nitrogen and oxygen atoms in total. The van der Waals surface area contributed by atoms with Crippen LogP contribution in [0, 0.1) is 0 Å². The van der Waals surface area contributed by atoms with Crippen molar-refractivity contribution in [1.82, 2.24) is 15.2 Å². The zero-order chi connectivity index (χ0) is 18.2. The maximum Gasteiger partial charge on any atom is 0.154 e. The largest absolute Gasteiger partial charge is 0.384 e. The molecule has 0 saturated heterocycles. The van der Waals surface area contributed by atoms with Crippen LogP contribution in [0.15, 0.2) is 36.5 Å². The van der Waals surface area contributed by atoms with E-state index in [1.807, 2.05) is 24.3 Å². The van der Waals surface area contributed by atoms with E-state index in [1.54, 1.807) is 26.1 Å². The van der Waals surface area contributed by atoms with Gasteiger partial charge in [-0.05, 0) is 26.0 Å². The van der Waals surface area contributed by atoms with Gasteiger partial charge < -0.3 is 11.1 Å². The summed E-state index contributed by atoms with van der Waals surface area (Å²) in [6.45, 7) is 3.66. The molecule has 3 aromatic rings. The molecule has 3 rings (SSSR count). The Balaban J connectivity index is 1.99. The van der Waals surface area contributed by atoms with Crippen molar-refractivity contribution in [2.75, 3.05) is 23.9 Å². The van der Waals surface area contributed by atoms with Gasteiger partial charge in [-0.25, -0.2) is 13.4 Å². The molecule has 8 heteroatoms. The van der Waals surface area contributed by atoms with Crippen molar-refractivity contribution in [3.63, 3.8) is 0 Å². The highest BCUT2D eigenvalue weighted by molar-refractivity contribution is 7.92. The molecule has 2 aromatic heterocycles. The number of anilines is 2. The van der Waals surface area contributed by atoms with Gasteiger partial charge in [0.15, 0.2) is 9.84 Å². The standard InChI is InChI=1S/C17H21N5O2S/c1-17(2,25(3,23)24)10-19-14-9-16(18)21-15-8-11(4-5-12(14)15)13-6-7-20-22-13/h4-9H,10H2,1-3H3,(H,20,22)(H3,18,19,21). The summed E-state index contributed by atoms with van der Waals surface area (Å²) in [6, 6.07) is 9.41. The average molecular weight is 359 g/mol. The highest BCUT2D eigenvalue weighted by Crippen LogP contribution is 2.29. The molecule has 0 aliphatic heterocycles. The first-order chi connectivity index (χ1) is 11.7. The van der Waals surface area contributed by atoms with Crippen LogP contribution in [0.1, 0.15) is 13.8 Å². The molecule has 132 valence electrons.